The van der Waals surface area contributed by atoms with Crippen molar-refractivity contribution in [3.05, 3.63) is 75.9 Å². The predicted molar refractivity (Wildman–Crippen MR) is 138 cm³/mol. The van der Waals surface area contributed by atoms with E-state index in [1.807, 2.05) is 20.8 Å². The topological polar surface area (TPSA) is 54.4 Å². The van der Waals surface area contributed by atoms with Crippen LogP contribution in [0.1, 0.15) is 87.3 Å². The van der Waals surface area contributed by atoms with E-state index in [0.717, 1.165) is 30.4 Å². The molecule has 0 atom stereocenters. The van der Waals surface area contributed by atoms with Gasteiger partial charge in [0.1, 0.15) is 12.4 Å². The van der Waals surface area contributed by atoms with Crippen molar-refractivity contribution in [1.82, 2.24) is 0 Å². The number of aryl methyl sites for hydroxylation is 3. The summed E-state index contributed by atoms with van der Waals surface area (Å²) in [7, 11) is 0. The third kappa shape index (κ3) is 6.29. The van der Waals surface area contributed by atoms with E-state index in [4.69, 9.17) is 5.11 Å². The monoisotopic (exact) mass is 448 g/mol. The fourth-order valence-electron chi connectivity index (χ4n) is 4.53. The molecule has 0 aliphatic heterocycles. The van der Waals surface area contributed by atoms with Crippen LogP contribution in [0, 0.1) is 19.3 Å². The number of hydrogen-bond donors (Lipinski definition) is 1. The van der Waals surface area contributed by atoms with Crippen LogP contribution in [0.5, 0.6) is 0 Å². The Kier molecular flexibility index (Phi) is 8.97. The van der Waals surface area contributed by atoms with E-state index >= 15 is 0 Å². The standard InChI is InChI=1S/C30H40O3/c1-8-30(9-2,25-14-10-23(21(3)18-25)12-16-27(32)20-31)26-15-11-24(22(4)19-26)13-17-28(33)29(5,6)7/h10-12,14-16,18-19,31H,8-9,13,17,20H2,1-7H3/b16-12+. The number of ketones is 2. The van der Waals surface area contributed by atoms with Gasteiger partial charge >= 0.3 is 0 Å². The largest absolute Gasteiger partial charge is 0.388 e. The van der Waals surface area contributed by atoms with Crippen LogP contribution in [0.25, 0.3) is 6.08 Å². The molecule has 2 aromatic carbocycles. The van der Waals surface area contributed by atoms with Gasteiger partial charge in [-0.05, 0) is 72.6 Å². The lowest BCUT2D eigenvalue weighted by Gasteiger charge is -2.34. The Morgan fingerprint density at radius 1 is 0.909 bits per heavy atom. The Morgan fingerprint density at radius 2 is 1.48 bits per heavy atom. The summed E-state index contributed by atoms with van der Waals surface area (Å²) in [6.07, 6.45) is 6.50. The van der Waals surface area contributed by atoms with Gasteiger partial charge in [-0.3, -0.25) is 9.59 Å². The van der Waals surface area contributed by atoms with Gasteiger partial charge in [0.05, 0.1) is 0 Å². The molecule has 178 valence electrons. The highest BCUT2D eigenvalue weighted by Gasteiger charge is 2.31. The normalized spacial score (nSPS) is 12.4. The van der Waals surface area contributed by atoms with E-state index in [1.54, 1.807) is 6.08 Å². The third-order valence-corrected chi connectivity index (χ3v) is 6.99. The highest BCUT2D eigenvalue weighted by Crippen LogP contribution is 2.40. The summed E-state index contributed by atoms with van der Waals surface area (Å²) in [5.74, 6) is 0.00227. The molecule has 0 aliphatic rings. The van der Waals surface area contributed by atoms with Crippen molar-refractivity contribution in [3.63, 3.8) is 0 Å². The lowest BCUT2D eigenvalue weighted by Crippen LogP contribution is -2.26. The highest BCUT2D eigenvalue weighted by molar-refractivity contribution is 5.94. The molecule has 0 radical (unpaired) electrons. The molecule has 1 N–H and O–H groups in total. The maximum atomic E-state index is 12.4. The molecule has 3 nitrogen and oxygen atoms in total. The van der Waals surface area contributed by atoms with Crippen LogP contribution in [0.4, 0.5) is 0 Å². The number of benzene rings is 2. The van der Waals surface area contributed by atoms with Gasteiger partial charge in [-0.2, -0.15) is 0 Å². The zero-order chi connectivity index (χ0) is 24.8. The molecule has 3 heteroatoms. The van der Waals surface area contributed by atoms with Crippen molar-refractivity contribution in [1.29, 1.82) is 0 Å². The van der Waals surface area contributed by atoms with Gasteiger partial charge in [-0.25, -0.2) is 0 Å². The van der Waals surface area contributed by atoms with Crippen molar-refractivity contribution in [2.75, 3.05) is 6.61 Å². The van der Waals surface area contributed by atoms with Crippen LogP contribution in [0.15, 0.2) is 42.5 Å². The Morgan fingerprint density at radius 3 is 1.97 bits per heavy atom. The van der Waals surface area contributed by atoms with Crippen LogP contribution in [-0.2, 0) is 21.4 Å². The van der Waals surface area contributed by atoms with E-state index < -0.39 is 6.61 Å². The summed E-state index contributed by atoms with van der Waals surface area (Å²) in [6, 6.07) is 13.2. The van der Waals surface area contributed by atoms with Gasteiger partial charge < -0.3 is 5.11 Å². The summed E-state index contributed by atoms with van der Waals surface area (Å²) in [5, 5.41) is 8.94. The molecule has 2 aromatic rings. The summed E-state index contributed by atoms with van der Waals surface area (Å²) >= 11 is 0. The van der Waals surface area contributed by atoms with E-state index in [-0.39, 0.29) is 16.6 Å². The maximum absolute atomic E-state index is 12.4. The Hall–Kier alpha value is -2.52. The molecule has 2 rings (SSSR count). The van der Waals surface area contributed by atoms with E-state index in [2.05, 4.69) is 64.1 Å². The van der Waals surface area contributed by atoms with E-state index in [0.29, 0.717) is 12.2 Å². The van der Waals surface area contributed by atoms with Crippen LogP contribution < -0.4 is 0 Å². The van der Waals surface area contributed by atoms with Crippen molar-refractivity contribution in [2.24, 2.45) is 5.41 Å². The van der Waals surface area contributed by atoms with E-state index in [9.17, 15) is 9.59 Å². The van der Waals surface area contributed by atoms with Gasteiger partial charge in [0, 0.05) is 17.3 Å². The minimum Gasteiger partial charge on any atom is -0.388 e. The quantitative estimate of drug-likeness (QED) is 0.420. The molecule has 0 saturated carbocycles. The number of hydrogen-bond acceptors (Lipinski definition) is 3. The first-order valence-electron chi connectivity index (χ1n) is 12.0. The van der Waals surface area contributed by atoms with Crippen molar-refractivity contribution in [2.45, 2.75) is 79.6 Å². The zero-order valence-electron chi connectivity index (χ0n) is 21.4. The average molecular weight is 449 g/mol. The van der Waals surface area contributed by atoms with Crippen molar-refractivity contribution < 1.29 is 14.7 Å². The lowest BCUT2D eigenvalue weighted by molar-refractivity contribution is -0.126. The van der Waals surface area contributed by atoms with Gasteiger partial charge in [-0.15, -0.1) is 0 Å². The van der Waals surface area contributed by atoms with Gasteiger partial charge in [0.2, 0.25) is 0 Å². The van der Waals surface area contributed by atoms with Crippen molar-refractivity contribution >= 4 is 17.6 Å². The fraction of sp³-hybridized carbons (Fsp3) is 0.467. The molecule has 0 aliphatic carbocycles. The summed E-state index contributed by atoms with van der Waals surface area (Å²) in [6.45, 7) is 14.1. The Bertz CT molecular complexity index is 1020. The minimum atomic E-state index is -0.470. The summed E-state index contributed by atoms with van der Waals surface area (Å²) in [5.41, 5.74) is 6.74. The van der Waals surface area contributed by atoms with Crippen LogP contribution in [0.2, 0.25) is 0 Å². The molecule has 0 heterocycles. The second-order valence-corrected chi connectivity index (χ2v) is 10.1. The second kappa shape index (κ2) is 11.1. The Labute approximate surface area is 199 Å². The van der Waals surface area contributed by atoms with Gasteiger partial charge in [-0.1, -0.05) is 77.1 Å². The number of carbonyl (C=O) groups is 2. The number of rotatable bonds is 10. The highest BCUT2D eigenvalue weighted by atomic mass is 16.3. The molecule has 0 unspecified atom stereocenters. The van der Waals surface area contributed by atoms with E-state index in [1.165, 1.54) is 28.3 Å². The zero-order valence-corrected chi connectivity index (χ0v) is 21.4. The van der Waals surface area contributed by atoms with Gasteiger partial charge in [0.25, 0.3) is 0 Å². The Balaban J connectivity index is 2.38. The molecule has 0 spiro atoms. The molecule has 33 heavy (non-hydrogen) atoms. The SMILES string of the molecule is CCC(CC)(c1ccc(/C=C/C(=O)CO)c(C)c1)c1ccc(CCC(=O)C(C)(C)C)c(C)c1. The third-order valence-electron chi connectivity index (χ3n) is 6.99. The van der Waals surface area contributed by atoms with Gasteiger partial charge in [0.15, 0.2) is 5.78 Å². The molecule has 0 fully saturated rings. The first kappa shape index (κ1) is 26.7. The smallest absolute Gasteiger partial charge is 0.181 e. The lowest BCUT2D eigenvalue weighted by atomic mass is 9.69. The molecule has 0 bridgehead atoms. The molecule has 0 aromatic heterocycles. The number of Topliss-reactive ketones (excluding diaryl/α,β-unsaturated/α-hetero) is 1. The number of aliphatic hydroxyl groups is 1. The molecular formula is C30H40O3. The first-order valence-corrected chi connectivity index (χ1v) is 12.0. The van der Waals surface area contributed by atoms with Crippen LogP contribution in [0.3, 0.4) is 0 Å². The van der Waals surface area contributed by atoms with Crippen LogP contribution in [-0.4, -0.2) is 23.3 Å². The summed E-state index contributed by atoms with van der Waals surface area (Å²) in [4.78, 5) is 23.8. The second-order valence-electron chi connectivity index (χ2n) is 10.1. The number of carbonyl (C=O) groups excluding carboxylic acids is 2. The number of aliphatic hydroxyl groups excluding tert-OH is 1. The maximum Gasteiger partial charge on any atom is 0.181 e. The predicted octanol–water partition coefficient (Wildman–Crippen LogP) is 6.53. The molecule has 0 saturated heterocycles. The molecular weight excluding hydrogens is 408 g/mol. The minimum absolute atomic E-state index is 0.0988. The van der Waals surface area contributed by atoms with Crippen LogP contribution >= 0.6 is 0 Å². The summed E-state index contributed by atoms with van der Waals surface area (Å²) < 4.78 is 0. The average Bonchev–Trinajstić information content (AvgIpc) is 2.78. The van der Waals surface area contributed by atoms with Crippen molar-refractivity contribution in [3.8, 4) is 0 Å². The molecule has 0 amide bonds. The fourth-order valence-corrected chi connectivity index (χ4v) is 4.53. The first-order chi connectivity index (χ1) is 15.5.